The maximum absolute atomic E-state index is 12.6. The van der Waals surface area contributed by atoms with E-state index in [4.69, 9.17) is 4.74 Å². The molecule has 0 aromatic heterocycles. The zero-order chi connectivity index (χ0) is 19.4. The van der Waals surface area contributed by atoms with E-state index in [0.717, 1.165) is 11.4 Å². The van der Waals surface area contributed by atoms with E-state index in [1.165, 1.54) is 0 Å². The van der Waals surface area contributed by atoms with Gasteiger partial charge in [0, 0.05) is 31.5 Å². The first-order valence-electron chi connectivity index (χ1n) is 9.03. The highest BCUT2D eigenvalue weighted by atomic mass is 16.5. The summed E-state index contributed by atoms with van der Waals surface area (Å²) in [6, 6.07) is 5.78. The minimum Gasteiger partial charge on any atom is -0.497 e. The molecule has 2 saturated heterocycles. The van der Waals surface area contributed by atoms with E-state index in [0.29, 0.717) is 29.9 Å². The van der Waals surface area contributed by atoms with Crippen molar-refractivity contribution in [3.8, 4) is 5.75 Å². The van der Waals surface area contributed by atoms with Gasteiger partial charge in [-0.15, -0.1) is 0 Å². The van der Waals surface area contributed by atoms with Gasteiger partial charge >= 0.3 is 6.03 Å². The Kier molecular flexibility index (Phi) is 5.92. The number of imide groups is 1. The van der Waals surface area contributed by atoms with E-state index in [-0.39, 0.29) is 24.7 Å². The van der Waals surface area contributed by atoms with Gasteiger partial charge in [-0.3, -0.25) is 20.4 Å². The van der Waals surface area contributed by atoms with Gasteiger partial charge in [0.25, 0.3) is 5.91 Å². The molecule has 0 bridgehead atoms. The van der Waals surface area contributed by atoms with Crippen molar-refractivity contribution in [2.75, 3.05) is 25.1 Å². The van der Waals surface area contributed by atoms with Gasteiger partial charge in [0.15, 0.2) is 0 Å². The minimum atomic E-state index is -0.695. The summed E-state index contributed by atoms with van der Waals surface area (Å²) in [7, 11) is 1.55. The molecule has 1 aromatic carbocycles. The Bertz CT molecular complexity index is 708. The topological polar surface area (TPSA) is 112 Å². The number of amides is 4. The van der Waals surface area contributed by atoms with Gasteiger partial charge in [-0.05, 0) is 37.6 Å². The summed E-state index contributed by atoms with van der Waals surface area (Å²) in [5, 5.41) is 5.54. The predicted molar refractivity (Wildman–Crippen MR) is 99.1 cm³/mol. The van der Waals surface area contributed by atoms with Crippen molar-refractivity contribution in [2.45, 2.75) is 31.8 Å². The fourth-order valence-electron chi connectivity index (χ4n) is 3.21. The molecule has 9 nitrogen and oxygen atoms in total. The number of carbonyl (C=O) groups excluding carboxylic acids is 3. The molecule has 27 heavy (non-hydrogen) atoms. The molecule has 4 amide bonds. The largest absolute Gasteiger partial charge is 0.497 e. The lowest BCUT2D eigenvalue weighted by atomic mass is 10.0. The molecule has 2 aliphatic heterocycles. The molecule has 2 aliphatic rings. The molecule has 2 unspecified atom stereocenters. The fourth-order valence-corrected chi connectivity index (χ4v) is 3.21. The summed E-state index contributed by atoms with van der Waals surface area (Å²) in [5.74, 6) is 0.489. The van der Waals surface area contributed by atoms with Crippen molar-refractivity contribution in [3.05, 3.63) is 24.3 Å². The van der Waals surface area contributed by atoms with Crippen LogP contribution in [0.25, 0.3) is 0 Å². The van der Waals surface area contributed by atoms with Crippen molar-refractivity contribution in [1.82, 2.24) is 21.5 Å². The van der Waals surface area contributed by atoms with Gasteiger partial charge in [0.1, 0.15) is 11.8 Å². The van der Waals surface area contributed by atoms with Crippen LogP contribution in [0, 0.1) is 5.92 Å². The van der Waals surface area contributed by atoms with Gasteiger partial charge in [-0.25, -0.2) is 9.69 Å². The summed E-state index contributed by atoms with van der Waals surface area (Å²) in [6.07, 6.45) is 0.439. The molecular formula is C18H25N5O4. The van der Waals surface area contributed by atoms with Gasteiger partial charge < -0.3 is 15.4 Å². The van der Waals surface area contributed by atoms with Gasteiger partial charge in [-0.1, -0.05) is 0 Å². The highest BCUT2D eigenvalue weighted by Gasteiger charge is 2.39. The summed E-state index contributed by atoms with van der Waals surface area (Å²) >= 11 is 0. The maximum atomic E-state index is 12.6. The Hall–Kier alpha value is -2.65. The predicted octanol–water partition coefficient (Wildman–Crippen LogP) is 0.129. The second kappa shape index (κ2) is 8.36. The van der Waals surface area contributed by atoms with Crippen LogP contribution < -0.4 is 31.1 Å². The maximum Gasteiger partial charge on any atom is 0.329 e. The number of hydrazine groups is 1. The van der Waals surface area contributed by atoms with Gasteiger partial charge in [-0.2, -0.15) is 0 Å². The molecule has 9 heteroatoms. The van der Waals surface area contributed by atoms with E-state index < -0.39 is 12.1 Å². The van der Waals surface area contributed by atoms with Gasteiger partial charge in [0.05, 0.1) is 12.8 Å². The summed E-state index contributed by atoms with van der Waals surface area (Å²) in [4.78, 5) is 37.9. The Balaban J connectivity index is 1.50. The Morgan fingerprint density at radius 2 is 2.04 bits per heavy atom. The monoisotopic (exact) mass is 375 g/mol. The lowest BCUT2D eigenvalue weighted by Crippen LogP contribution is -2.36. The van der Waals surface area contributed by atoms with Crippen LogP contribution in [0.3, 0.4) is 0 Å². The second-order valence-corrected chi connectivity index (χ2v) is 6.79. The Morgan fingerprint density at radius 3 is 2.67 bits per heavy atom. The van der Waals surface area contributed by atoms with Crippen LogP contribution in [-0.4, -0.2) is 50.1 Å². The standard InChI is InChI=1S/C18H25N5O4/c1-11-12(10-20-22-11)9-19-16(24)8-7-15-17(25)23(18(26)21-15)13-3-5-14(27-2)6-4-13/h3-6,11-12,15,20,22H,7-10H2,1-2H3,(H,19,24)(H,21,26)/t11?,12?,15-/m0/s1. The third-order valence-electron chi connectivity index (χ3n) is 4.97. The molecule has 3 atom stereocenters. The zero-order valence-corrected chi connectivity index (χ0v) is 15.5. The number of nitrogens with one attached hydrogen (secondary N) is 4. The summed E-state index contributed by atoms with van der Waals surface area (Å²) < 4.78 is 5.08. The quantitative estimate of drug-likeness (QED) is 0.504. The number of hydrogen-bond acceptors (Lipinski definition) is 6. The molecule has 146 valence electrons. The SMILES string of the molecule is COc1ccc(N2C(=O)N[C@@H](CCC(=O)NCC3CNNC3C)C2=O)cc1. The number of rotatable bonds is 7. The molecule has 2 fully saturated rings. The summed E-state index contributed by atoms with van der Waals surface area (Å²) in [6.45, 7) is 3.43. The highest BCUT2D eigenvalue weighted by Crippen LogP contribution is 2.23. The lowest BCUT2D eigenvalue weighted by Gasteiger charge is -2.15. The smallest absolute Gasteiger partial charge is 0.329 e. The van der Waals surface area contributed by atoms with E-state index in [1.54, 1.807) is 31.4 Å². The zero-order valence-electron chi connectivity index (χ0n) is 15.5. The lowest BCUT2D eigenvalue weighted by molar-refractivity contribution is -0.122. The van der Waals surface area contributed by atoms with Crippen LogP contribution in [-0.2, 0) is 9.59 Å². The number of urea groups is 1. The van der Waals surface area contributed by atoms with Crippen LogP contribution in [0.2, 0.25) is 0 Å². The number of anilines is 1. The van der Waals surface area contributed by atoms with Crippen molar-refractivity contribution in [2.24, 2.45) is 5.92 Å². The van der Waals surface area contributed by atoms with Crippen LogP contribution in [0.15, 0.2) is 24.3 Å². The number of hydrogen-bond donors (Lipinski definition) is 4. The minimum absolute atomic E-state index is 0.126. The van der Waals surface area contributed by atoms with Gasteiger partial charge in [0.2, 0.25) is 5.91 Å². The Labute approximate surface area is 157 Å². The average Bonchev–Trinajstić information content (AvgIpc) is 3.20. The number of methoxy groups -OCH3 is 1. The molecule has 0 aliphatic carbocycles. The molecule has 3 rings (SSSR count). The Morgan fingerprint density at radius 1 is 1.30 bits per heavy atom. The number of ether oxygens (including phenoxy) is 1. The highest BCUT2D eigenvalue weighted by molar-refractivity contribution is 6.21. The third-order valence-corrected chi connectivity index (χ3v) is 4.97. The van der Waals surface area contributed by atoms with Crippen LogP contribution >= 0.6 is 0 Å². The number of benzene rings is 1. The molecule has 0 saturated carbocycles. The first kappa shape index (κ1) is 19.1. The summed E-state index contributed by atoms with van der Waals surface area (Å²) in [5.41, 5.74) is 6.63. The van der Waals surface area contributed by atoms with Crippen LogP contribution in [0.1, 0.15) is 19.8 Å². The first-order valence-corrected chi connectivity index (χ1v) is 9.03. The van der Waals surface area contributed by atoms with Crippen LogP contribution in [0.4, 0.5) is 10.5 Å². The van der Waals surface area contributed by atoms with Crippen molar-refractivity contribution < 1.29 is 19.1 Å². The van der Waals surface area contributed by atoms with E-state index in [2.05, 4.69) is 28.4 Å². The molecule has 4 N–H and O–H groups in total. The normalized spacial score (nSPS) is 24.8. The van der Waals surface area contributed by atoms with E-state index in [1.807, 2.05) is 0 Å². The van der Waals surface area contributed by atoms with E-state index >= 15 is 0 Å². The second-order valence-electron chi connectivity index (χ2n) is 6.79. The first-order chi connectivity index (χ1) is 13.0. The molecule has 0 radical (unpaired) electrons. The molecular weight excluding hydrogens is 350 g/mol. The van der Waals surface area contributed by atoms with E-state index in [9.17, 15) is 14.4 Å². The molecule has 1 aromatic rings. The van der Waals surface area contributed by atoms with Crippen LogP contribution in [0.5, 0.6) is 5.75 Å². The third kappa shape index (κ3) is 4.37. The number of carbonyl (C=O) groups is 3. The number of nitrogens with zero attached hydrogens (tertiary/aromatic N) is 1. The fraction of sp³-hybridized carbons (Fsp3) is 0.500. The molecule has 2 heterocycles. The average molecular weight is 375 g/mol. The van der Waals surface area contributed by atoms with Crippen molar-refractivity contribution in [3.63, 3.8) is 0 Å². The van der Waals surface area contributed by atoms with Crippen molar-refractivity contribution >= 4 is 23.5 Å². The molecule has 0 spiro atoms. The van der Waals surface area contributed by atoms with Crippen molar-refractivity contribution in [1.29, 1.82) is 0 Å².